The van der Waals surface area contributed by atoms with E-state index in [0.29, 0.717) is 5.92 Å². The molecule has 0 spiro atoms. The predicted octanol–water partition coefficient (Wildman–Crippen LogP) is 2.89. The van der Waals surface area contributed by atoms with E-state index in [1.807, 2.05) is 12.4 Å². The van der Waals surface area contributed by atoms with Crippen LogP contribution >= 0.6 is 0 Å². The number of hydrogen-bond donors (Lipinski definition) is 1. The maximum Gasteiger partial charge on any atom is 0.128 e. The Morgan fingerprint density at radius 1 is 1.42 bits per heavy atom. The smallest absolute Gasteiger partial charge is 0.128 e. The van der Waals surface area contributed by atoms with E-state index in [9.17, 15) is 0 Å². The van der Waals surface area contributed by atoms with E-state index in [4.69, 9.17) is 10.5 Å². The molecule has 2 rings (SSSR count). The lowest BCUT2D eigenvalue weighted by Gasteiger charge is -2.33. The Morgan fingerprint density at radius 2 is 2.16 bits per heavy atom. The van der Waals surface area contributed by atoms with E-state index >= 15 is 0 Å². The first kappa shape index (κ1) is 14.5. The van der Waals surface area contributed by atoms with E-state index in [-0.39, 0.29) is 12.1 Å². The van der Waals surface area contributed by atoms with Gasteiger partial charge in [-0.3, -0.25) is 0 Å². The molecule has 0 saturated heterocycles. The maximum atomic E-state index is 6.45. The molecule has 1 fully saturated rings. The summed E-state index contributed by atoms with van der Waals surface area (Å²) in [7, 11) is 1.78. The number of methoxy groups -OCH3 is 1. The van der Waals surface area contributed by atoms with Gasteiger partial charge in [-0.25, -0.2) is 4.98 Å². The van der Waals surface area contributed by atoms with Crippen LogP contribution in [0.2, 0.25) is 0 Å². The molecule has 19 heavy (non-hydrogen) atoms. The van der Waals surface area contributed by atoms with Gasteiger partial charge in [-0.1, -0.05) is 26.2 Å². The first-order valence-corrected chi connectivity index (χ1v) is 7.57. The van der Waals surface area contributed by atoms with Crippen LogP contribution in [0.25, 0.3) is 0 Å². The van der Waals surface area contributed by atoms with Gasteiger partial charge in [-0.15, -0.1) is 0 Å². The maximum absolute atomic E-state index is 6.45. The van der Waals surface area contributed by atoms with Crippen molar-refractivity contribution in [3.8, 4) is 0 Å². The Morgan fingerprint density at radius 3 is 2.79 bits per heavy atom. The number of imidazole rings is 1. The van der Waals surface area contributed by atoms with Gasteiger partial charge >= 0.3 is 0 Å². The number of aryl methyl sites for hydroxylation is 1. The van der Waals surface area contributed by atoms with Crippen molar-refractivity contribution in [1.29, 1.82) is 0 Å². The third-order valence-electron chi connectivity index (χ3n) is 4.25. The summed E-state index contributed by atoms with van der Waals surface area (Å²) < 4.78 is 7.90. The van der Waals surface area contributed by atoms with Crippen LogP contribution in [0, 0.1) is 5.92 Å². The standard InChI is InChI=1S/C15H27N3O/c1-3-10-18-11-9-17-15(18)13(16)14(19-2)12-7-5-4-6-8-12/h9,11-14H,3-8,10,16H2,1-2H3. The van der Waals surface area contributed by atoms with E-state index < -0.39 is 0 Å². The van der Waals surface area contributed by atoms with Gasteiger partial charge in [0.25, 0.3) is 0 Å². The summed E-state index contributed by atoms with van der Waals surface area (Å²) in [4.78, 5) is 4.46. The highest BCUT2D eigenvalue weighted by Gasteiger charge is 2.31. The molecule has 1 aromatic rings. The van der Waals surface area contributed by atoms with Gasteiger partial charge in [-0.2, -0.15) is 0 Å². The molecule has 1 aliphatic rings. The van der Waals surface area contributed by atoms with Crippen molar-refractivity contribution < 1.29 is 4.74 Å². The summed E-state index contributed by atoms with van der Waals surface area (Å²) in [5.41, 5.74) is 6.45. The van der Waals surface area contributed by atoms with Crippen LogP contribution in [0.3, 0.4) is 0 Å². The second-order valence-corrected chi connectivity index (χ2v) is 5.60. The van der Waals surface area contributed by atoms with Gasteiger partial charge in [0.15, 0.2) is 0 Å². The van der Waals surface area contributed by atoms with E-state index in [0.717, 1.165) is 18.8 Å². The second-order valence-electron chi connectivity index (χ2n) is 5.60. The van der Waals surface area contributed by atoms with Gasteiger partial charge in [0.1, 0.15) is 5.82 Å². The second kappa shape index (κ2) is 7.06. The molecule has 1 heterocycles. The van der Waals surface area contributed by atoms with Crippen LogP contribution in [0.5, 0.6) is 0 Å². The molecule has 2 unspecified atom stereocenters. The van der Waals surface area contributed by atoms with E-state index in [1.165, 1.54) is 32.1 Å². The Balaban J connectivity index is 2.10. The van der Waals surface area contributed by atoms with Crippen molar-refractivity contribution in [1.82, 2.24) is 9.55 Å². The molecule has 0 amide bonds. The summed E-state index contributed by atoms with van der Waals surface area (Å²) in [6.45, 7) is 3.15. The highest BCUT2D eigenvalue weighted by molar-refractivity contribution is 5.03. The van der Waals surface area contributed by atoms with Crippen LogP contribution in [-0.4, -0.2) is 22.8 Å². The fourth-order valence-electron chi connectivity index (χ4n) is 3.29. The normalized spacial score (nSPS) is 20.4. The van der Waals surface area contributed by atoms with Crippen molar-refractivity contribution in [2.75, 3.05) is 7.11 Å². The average Bonchev–Trinajstić information content (AvgIpc) is 2.89. The molecule has 2 N–H and O–H groups in total. The highest BCUT2D eigenvalue weighted by atomic mass is 16.5. The molecule has 0 bridgehead atoms. The lowest BCUT2D eigenvalue weighted by molar-refractivity contribution is 0.0145. The lowest BCUT2D eigenvalue weighted by atomic mass is 9.82. The van der Waals surface area contributed by atoms with E-state index in [2.05, 4.69) is 16.5 Å². The molecule has 0 radical (unpaired) electrons. The van der Waals surface area contributed by atoms with Gasteiger partial charge in [-0.05, 0) is 25.2 Å². The van der Waals surface area contributed by atoms with E-state index in [1.54, 1.807) is 7.11 Å². The van der Waals surface area contributed by atoms with Crippen molar-refractivity contribution in [2.24, 2.45) is 11.7 Å². The molecule has 0 aromatic carbocycles. The van der Waals surface area contributed by atoms with Gasteiger partial charge in [0, 0.05) is 26.0 Å². The number of nitrogens with zero attached hydrogens (tertiary/aromatic N) is 2. The average molecular weight is 265 g/mol. The number of hydrogen-bond acceptors (Lipinski definition) is 3. The minimum atomic E-state index is -0.116. The minimum Gasteiger partial charge on any atom is -0.379 e. The number of rotatable bonds is 6. The molecule has 4 nitrogen and oxygen atoms in total. The first-order valence-electron chi connectivity index (χ1n) is 7.57. The zero-order valence-corrected chi connectivity index (χ0v) is 12.2. The summed E-state index contributed by atoms with van der Waals surface area (Å²) in [6.07, 6.45) is 11.5. The largest absolute Gasteiger partial charge is 0.379 e. The Kier molecular flexibility index (Phi) is 5.40. The molecular weight excluding hydrogens is 238 g/mol. The zero-order chi connectivity index (χ0) is 13.7. The van der Waals surface area contributed by atoms with Gasteiger partial charge in [0.2, 0.25) is 0 Å². The van der Waals surface area contributed by atoms with Crippen LogP contribution in [0.4, 0.5) is 0 Å². The monoisotopic (exact) mass is 265 g/mol. The molecule has 108 valence electrons. The molecule has 2 atom stereocenters. The molecule has 1 aliphatic carbocycles. The summed E-state index contributed by atoms with van der Waals surface area (Å²) in [5, 5.41) is 0. The lowest BCUT2D eigenvalue weighted by Crippen LogP contribution is -2.37. The van der Waals surface area contributed by atoms with Crippen LogP contribution in [-0.2, 0) is 11.3 Å². The topological polar surface area (TPSA) is 53.1 Å². The van der Waals surface area contributed by atoms with Gasteiger partial charge in [0.05, 0.1) is 12.1 Å². The van der Waals surface area contributed by atoms with Crippen LogP contribution < -0.4 is 5.73 Å². The number of aromatic nitrogens is 2. The van der Waals surface area contributed by atoms with Crippen LogP contribution in [0.1, 0.15) is 57.3 Å². The Labute approximate surface area is 116 Å². The Bertz CT molecular complexity index is 371. The zero-order valence-electron chi connectivity index (χ0n) is 12.2. The highest BCUT2D eigenvalue weighted by Crippen LogP contribution is 2.32. The van der Waals surface area contributed by atoms with Crippen molar-refractivity contribution in [3.05, 3.63) is 18.2 Å². The third-order valence-corrected chi connectivity index (χ3v) is 4.25. The molecular formula is C15H27N3O. The Hall–Kier alpha value is -0.870. The first-order chi connectivity index (χ1) is 9.27. The predicted molar refractivity (Wildman–Crippen MR) is 76.8 cm³/mol. The minimum absolute atomic E-state index is 0.0957. The van der Waals surface area contributed by atoms with Gasteiger partial charge < -0.3 is 15.0 Å². The molecule has 4 heteroatoms. The summed E-state index contributed by atoms with van der Waals surface area (Å²) in [5.74, 6) is 1.56. The van der Waals surface area contributed by atoms with Crippen LogP contribution in [0.15, 0.2) is 12.4 Å². The fraction of sp³-hybridized carbons (Fsp3) is 0.800. The molecule has 1 saturated carbocycles. The third kappa shape index (κ3) is 3.37. The van der Waals surface area contributed by atoms with Crippen molar-refractivity contribution in [3.63, 3.8) is 0 Å². The molecule has 0 aliphatic heterocycles. The fourth-order valence-corrected chi connectivity index (χ4v) is 3.29. The number of nitrogens with two attached hydrogens (primary N) is 1. The quantitative estimate of drug-likeness (QED) is 0.860. The SMILES string of the molecule is CCCn1ccnc1C(N)C(OC)C1CCCCC1. The molecule has 1 aromatic heterocycles. The summed E-state index contributed by atoms with van der Waals surface area (Å²) >= 11 is 0. The number of ether oxygens (including phenoxy) is 1. The van der Waals surface area contributed by atoms with Crippen molar-refractivity contribution >= 4 is 0 Å². The van der Waals surface area contributed by atoms with Crippen molar-refractivity contribution in [2.45, 2.75) is 64.1 Å². The summed E-state index contributed by atoms with van der Waals surface area (Å²) in [6, 6.07) is -0.116.